The molecule has 0 saturated heterocycles. The Kier molecular flexibility index (Phi) is 26.2. The highest BCUT2D eigenvalue weighted by molar-refractivity contribution is 5.86. The van der Waals surface area contributed by atoms with Crippen molar-refractivity contribution in [2.24, 2.45) is 11.5 Å². The van der Waals surface area contributed by atoms with Crippen LogP contribution in [-0.4, -0.2) is 31.1 Å². The highest BCUT2D eigenvalue weighted by Crippen LogP contribution is 2.10. The zero-order valence-electron chi connectivity index (χ0n) is 15.4. The number of rotatable bonds is 14. The van der Waals surface area contributed by atoms with Crippen LogP contribution in [0.5, 0.6) is 0 Å². The van der Waals surface area contributed by atoms with Crippen LogP contribution in [0.4, 0.5) is 0 Å². The van der Waals surface area contributed by atoms with Crippen LogP contribution in [0.15, 0.2) is 30.3 Å². The summed E-state index contributed by atoms with van der Waals surface area (Å²) in [5, 5.41) is 0. The number of hydrogen-bond donors (Lipinski definition) is 2. The summed E-state index contributed by atoms with van der Waals surface area (Å²) in [6.07, 6.45) is 10.0. The molecule has 0 atom stereocenters. The van der Waals surface area contributed by atoms with Crippen LogP contribution in [0.1, 0.15) is 56.9 Å². The van der Waals surface area contributed by atoms with E-state index in [-0.39, 0.29) is 37.2 Å². The number of benzene rings is 1. The summed E-state index contributed by atoms with van der Waals surface area (Å²) in [5.74, 6) is 0. The third-order valence-electron chi connectivity index (χ3n) is 4.11. The average Bonchev–Trinajstić information content (AvgIpc) is 2.55. The summed E-state index contributed by atoms with van der Waals surface area (Å²) >= 11 is 0. The highest BCUT2D eigenvalue weighted by Gasteiger charge is 2.05. The lowest BCUT2D eigenvalue weighted by Gasteiger charge is -2.22. The Labute approximate surface area is 173 Å². The number of nitrogens with two attached hydrogens (primary N) is 2. The molecule has 4 N–H and O–H groups in total. The van der Waals surface area contributed by atoms with E-state index >= 15 is 0 Å². The Bertz CT molecular complexity index is 339. The van der Waals surface area contributed by atoms with Crippen LogP contribution in [0, 0.1) is 0 Å². The van der Waals surface area contributed by atoms with Gasteiger partial charge in [-0.2, -0.15) is 0 Å². The minimum Gasteiger partial charge on any atom is -0.330 e. The molecule has 0 unspecified atom stereocenters. The van der Waals surface area contributed by atoms with Gasteiger partial charge in [-0.15, -0.1) is 37.2 Å². The molecule has 0 bridgehead atoms. The zero-order chi connectivity index (χ0) is 15.9. The van der Waals surface area contributed by atoms with E-state index in [1.807, 2.05) is 0 Å². The van der Waals surface area contributed by atoms with E-state index in [2.05, 4.69) is 35.2 Å². The molecule has 0 saturated carbocycles. The molecule has 0 fully saturated rings. The third kappa shape index (κ3) is 17.2. The molecule has 0 aliphatic carbocycles. The molecule has 0 aliphatic rings. The Morgan fingerprint density at radius 3 is 1.48 bits per heavy atom. The van der Waals surface area contributed by atoms with Crippen molar-refractivity contribution < 1.29 is 0 Å². The van der Waals surface area contributed by atoms with Gasteiger partial charge in [0, 0.05) is 6.54 Å². The van der Waals surface area contributed by atoms with Gasteiger partial charge in [0.2, 0.25) is 0 Å². The first-order valence-electron chi connectivity index (χ1n) is 9.03. The van der Waals surface area contributed by atoms with Crippen molar-refractivity contribution in [3.63, 3.8) is 0 Å². The predicted molar refractivity (Wildman–Crippen MR) is 119 cm³/mol. The van der Waals surface area contributed by atoms with Crippen molar-refractivity contribution in [1.29, 1.82) is 0 Å². The molecule has 0 aliphatic heterocycles. The minimum absolute atomic E-state index is 0. The Morgan fingerprint density at radius 2 is 1.04 bits per heavy atom. The lowest BCUT2D eigenvalue weighted by molar-refractivity contribution is 0.252. The first kappa shape index (κ1) is 29.7. The number of unbranched alkanes of at least 4 members (excludes halogenated alkanes) is 6. The summed E-state index contributed by atoms with van der Waals surface area (Å²) in [4.78, 5) is 2.61. The van der Waals surface area contributed by atoms with Crippen LogP contribution in [0.2, 0.25) is 0 Å². The van der Waals surface area contributed by atoms with Crippen molar-refractivity contribution in [1.82, 2.24) is 4.90 Å². The van der Waals surface area contributed by atoms with Gasteiger partial charge in [-0.3, -0.25) is 4.90 Å². The van der Waals surface area contributed by atoms with Gasteiger partial charge in [-0.1, -0.05) is 56.0 Å². The summed E-state index contributed by atoms with van der Waals surface area (Å²) in [5.41, 5.74) is 12.5. The lowest BCUT2D eigenvalue weighted by atomic mass is 10.1. The maximum absolute atomic E-state index is 5.56. The van der Waals surface area contributed by atoms with Gasteiger partial charge < -0.3 is 11.5 Å². The van der Waals surface area contributed by atoms with Gasteiger partial charge in [-0.25, -0.2) is 0 Å². The molecular weight excluding hydrogens is 377 g/mol. The monoisotopic (exact) mass is 413 g/mol. The first-order chi connectivity index (χ1) is 10.9. The second-order valence-corrected chi connectivity index (χ2v) is 6.17. The van der Waals surface area contributed by atoms with Crippen LogP contribution in [0.25, 0.3) is 0 Å². The largest absolute Gasteiger partial charge is 0.330 e. The molecule has 0 amide bonds. The lowest BCUT2D eigenvalue weighted by Crippen LogP contribution is -2.25. The highest BCUT2D eigenvalue weighted by atomic mass is 35.5. The molecular formula is C19H38Cl3N3. The van der Waals surface area contributed by atoms with Gasteiger partial charge in [0.05, 0.1) is 0 Å². The molecule has 6 heteroatoms. The summed E-state index contributed by atoms with van der Waals surface area (Å²) in [6.45, 7) is 5.14. The van der Waals surface area contributed by atoms with Crippen molar-refractivity contribution >= 4 is 37.2 Å². The Morgan fingerprint density at radius 1 is 0.600 bits per heavy atom. The second kappa shape index (κ2) is 22.0. The normalized spacial score (nSPS) is 9.88. The molecule has 0 aromatic heterocycles. The van der Waals surface area contributed by atoms with E-state index in [1.165, 1.54) is 57.2 Å². The molecule has 25 heavy (non-hydrogen) atoms. The predicted octanol–water partition coefficient (Wildman–Crippen LogP) is 4.79. The minimum atomic E-state index is 0. The second-order valence-electron chi connectivity index (χ2n) is 6.17. The van der Waals surface area contributed by atoms with Crippen LogP contribution >= 0.6 is 37.2 Å². The molecule has 0 spiro atoms. The smallest absolute Gasteiger partial charge is 0.0233 e. The fraction of sp³-hybridized carbons (Fsp3) is 0.684. The maximum atomic E-state index is 5.56. The van der Waals surface area contributed by atoms with E-state index in [1.54, 1.807) is 0 Å². The van der Waals surface area contributed by atoms with Gasteiger partial charge in [0.1, 0.15) is 0 Å². The molecule has 0 radical (unpaired) electrons. The van der Waals surface area contributed by atoms with Gasteiger partial charge in [-0.05, 0) is 57.4 Å². The van der Waals surface area contributed by atoms with E-state index in [0.717, 1.165) is 32.5 Å². The molecule has 1 aromatic carbocycles. The Hall–Kier alpha value is -0.0300. The standard InChI is InChI=1S/C19H35N3.3ClH/c20-14-8-1-3-10-16-22(17-11-4-2-9-15-21)18-19-12-6-5-7-13-19;;;/h5-7,12-13H,1-4,8-11,14-18,20-21H2;3*1H. The van der Waals surface area contributed by atoms with Crippen molar-refractivity contribution in [2.45, 2.75) is 57.9 Å². The summed E-state index contributed by atoms with van der Waals surface area (Å²) < 4.78 is 0. The first-order valence-corrected chi connectivity index (χ1v) is 9.03. The molecule has 0 heterocycles. The van der Waals surface area contributed by atoms with Gasteiger partial charge in [0.25, 0.3) is 0 Å². The number of nitrogens with zero attached hydrogens (tertiary/aromatic N) is 1. The van der Waals surface area contributed by atoms with E-state index in [4.69, 9.17) is 11.5 Å². The SMILES string of the molecule is Cl.Cl.Cl.NCCCCCCN(CCCCCCN)Cc1ccccc1. The average molecular weight is 415 g/mol. The molecule has 150 valence electrons. The van der Waals surface area contributed by atoms with Crippen molar-refractivity contribution in [2.75, 3.05) is 26.2 Å². The Balaban J connectivity index is -0.00000161. The van der Waals surface area contributed by atoms with Crippen molar-refractivity contribution in [3.05, 3.63) is 35.9 Å². The molecule has 3 nitrogen and oxygen atoms in total. The maximum Gasteiger partial charge on any atom is 0.0233 e. The van der Waals surface area contributed by atoms with E-state index in [0.29, 0.717) is 0 Å². The fourth-order valence-corrected chi connectivity index (χ4v) is 2.78. The fourth-order valence-electron chi connectivity index (χ4n) is 2.78. The summed E-state index contributed by atoms with van der Waals surface area (Å²) in [7, 11) is 0. The van der Waals surface area contributed by atoms with Gasteiger partial charge in [0.15, 0.2) is 0 Å². The molecule has 1 rings (SSSR count). The third-order valence-corrected chi connectivity index (χ3v) is 4.11. The molecule has 1 aromatic rings. The van der Waals surface area contributed by atoms with Crippen LogP contribution in [0.3, 0.4) is 0 Å². The van der Waals surface area contributed by atoms with E-state index < -0.39 is 0 Å². The quantitative estimate of drug-likeness (QED) is 0.430. The topological polar surface area (TPSA) is 55.3 Å². The number of hydrogen-bond acceptors (Lipinski definition) is 3. The van der Waals surface area contributed by atoms with Gasteiger partial charge >= 0.3 is 0 Å². The van der Waals surface area contributed by atoms with E-state index in [9.17, 15) is 0 Å². The summed E-state index contributed by atoms with van der Waals surface area (Å²) in [6, 6.07) is 10.8. The van der Waals surface area contributed by atoms with Crippen molar-refractivity contribution in [3.8, 4) is 0 Å². The van der Waals surface area contributed by atoms with Crippen LogP contribution in [-0.2, 0) is 6.54 Å². The number of halogens is 3. The van der Waals surface area contributed by atoms with Crippen LogP contribution < -0.4 is 11.5 Å². The zero-order valence-corrected chi connectivity index (χ0v) is 17.9.